The summed E-state index contributed by atoms with van der Waals surface area (Å²) in [5.41, 5.74) is 10.8. The summed E-state index contributed by atoms with van der Waals surface area (Å²) in [6.45, 7) is 4.89. The van der Waals surface area contributed by atoms with E-state index in [1.54, 1.807) is 6.20 Å². The predicted molar refractivity (Wildman–Crippen MR) is 84.0 cm³/mol. The molecule has 0 unspecified atom stereocenters. The van der Waals surface area contributed by atoms with Crippen molar-refractivity contribution in [2.75, 3.05) is 11.1 Å². The molecule has 6 nitrogen and oxygen atoms in total. The fraction of sp³-hybridized carbons (Fsp3) is 0.267. The Morgan fingerprint density at radius 2 is 2.19 bits per heavy atom. The van der Waals surface area contributed by atoms with Crippen LogP contribution in [0.3, 0.4) is 0 Å². The summed E-state index contributed by atoms with van der Waals surface area (Å²) in [7, 11) is 0. The molecule has 0 spiro atoms. The molecule has 0 radical (unpaired) electrons. The van der Waals surface area contributed by atoms with E-state index in [0.29, 0.717) is 24.1 Å². The second kappa shape index (κ2) is 5.40. The van der Waals surface area contributed by atoms with Crippen LogP contribution in [0.5, 0.6) is 0 Å². The number of nitrogen functional groups attached to an aromatic ring is 1. The number of benzene rings is 1. The first-order chi connectivity index (χ1) is 10.1. The highest BCUT2D eigenvalue weighted by Gasteiger charge is 2.09. The number of para-hydroxylation sites is 1. The summed E-state index contributed by atoms with van der Waals surface area (Å²) in [6.07, 6.45) is 3.19. The van der Waals surface area contributed by atoms with Gasteiger partial charge in [-0.2, -0.15) is 4.98 Å². The summed E-state index contributed by atoms with van der Waals surface area (Å²) in [6, 6.07) is 6.13. The van der Waals surface area contributed by atoms with E-state index < -0.39 is 0 Å². The van der Waals surface area contributed by atoms with Gasteiger partial charge in [0.1, 0.15) is 11.8 Å². The zero-order valence-electron chi connectivity index (χ0n) is 12.1. The summed E-state index contributed by atoms with van der Waals surface area (Å²) in [5, 5.41) is 3.24. The molecule has 0 aliphatic rings. The summed E-state index contributed by atoms with van der Waals surface area (Å²) in [5.74, 6) is 1.08. The van der Waals surface area contributed by atoms with Gasteiger partial charge >= 0.3 is 0 Å². The van der Waals surface area contributed by atoms with Crippen molar-refractivity contribution in [3.63, 3.8) is 0 Å². The molecule has 0 saturated carbocycles. The van der Waals surface area contributed by atoms with Crippen LogP contribution in [0.15, 0.2) is 30.7 Å². The van der Waals surface area contributed by atoms with Gasteiger partial charge in [-0.15, -0.1) is 0 Å². The molecular formula is C15H18N6. The van der Waals surface area contributed by atoms with Gasteiger partial charge in [0.15, 0.2) is 5.65 Å². The number of nitrogens with one attached hydrogen (secondary N) is 2. The fourth-order valence-electron chi connectivity index (χ4n) is 2.32. The average molecular weight is 282 g/mol. The number of aromatic amines is 1. The van der Waals surface area contributed by atoms with Crippen LogP contribution in [0, 0.1) is 0 Å². The second-order valence-corrected chi connectivity index (χ2v) is 5.27. The van der Waals surface area contributed by atoms with Crippen LogP contribution >= 0.6 is 0 Å². The van der Waals surface area contributed by atoms with Crippen molar-refractivity contribution in [2.24, 2.45) is 0 Å². The Morgan fingerprint density at radius 1 is 1.33 bits per heavy atom. The van der Waals surface area contributed by atoms with Crippen molar-refractivity contribution in [3.8, 4) is 0 Å². The van der Waals surface area contributed by atoms with E-state index in [0.717, 1.165) is 16.8 Å². The molecule has 2 aromatic heterocycles. The van der Waals surface area contributed by atoms with Crippen LogP contribution in [0.2, 0.25) is 0 Å². The number of imidazole rings is 1. The molecule has 6 heteroatoms. The number of H-pyrrole nitrogens is 1. The maximum Gasteiger partial charge on any atom is 0.203 e. The summed E-state index contributed by atoms with van der Waals surface area (Å²) < 4.78 is 0. The van der Waals surface area contributed by atoms with Crippen molar-refractivity contribution >= 4 is 22.8 Å². The van der Waals surface area contributed by atoms with Crippen molar-refractivity contribution in [1.82, 2.24) is 19.9 Å². The minimum absolute atomic E-state index is 0.409. The first kappa shape index (κ1) is 13.4. The maximum absolute atomic E-state index is 6.23. The Labute approximate surface area is 122 Å². The second-order valence-electron chi connectivity index (χ2n) is 5.27. The molecule has 0 saturated heterocycles. The molecule has 3 aromatic rings. The molecule has 0 atom stereocenters. The first-order valence-corrected chi connectivity index (χ1v) is 6.92. The Bertz CT molecular complexity index is 729. The fourth-order valence-corrected chi connectivity index (χ4v) is 2.32. The van der Waals surface area contributed by atoms with Gasteiger partial charge in [0.2, 0.25) is 5.95 Å². The van der Waals surface area contributed by atoms with Gasteiger partial charge in [-0.05, 0) is 17.0 Å². The molecule has 1 aromatic carbocycles. The van der Waals surface area contributed by atoms with E-state index in [1.165, 1.54) is 11.9 Å². The highest BCUT2D eigenvalue weighted by Crippen LogP contribution is 2.25. The van der Waals surface area contributed by atoms with Gasteiger partial charge in [0, 0.05) is 12.2 Å². The zero-order chi connectivity index (χ0) is 14.8. The largest absolute Gasteiger partial charge is 0.398 e. The number of rotatable bonds is 4. The lowest BCUT2D eigenvalue weighted by atomic mass is 9.98. The quantitative estimate of drug-likeness (QED) is 0.640. The predicted octanol–water partition coefficient (Wildman–Crippen LogP) is 2.67. The van der Waals surface area contributed by atoms with Crippen LogP contribution in [-0.2, 0) is 6.54 Å². The molecular weight excluding hydrogens is 264 g/mol. The number of nitrogens with two attached hydrogens (primary N) is 1. The number of hydrogen-bond donors (Lipinski definition) is 3. The molecule has 0 amide bonds. The number of anilines is 2. The van der Waals surface area contributed by atoms with Crippen molar-refractivity contribution in [2.45, 2.75) is 26.3 Å². The third-order valence-electron chi connectivity index (χ3n) is 3.46. The minimum Gasteiger partial charge on any atom is -0.398 e. The van der Waals surface area contributed by atoms with Crippen molar-refractivity contribution in [3.05, 3.63) is 41.9 Å². The Hall–Kier alpha value is -2.63. The number of aromatic nitrogens is 4. The van der Waals surface area contributed by atoms with Gasteiger partial charge < -0.3 is 16.0 Å². The van der Waals surface area contributed by atoms with Gasteiger partial charge in [-0.1, -0.05) is 32.0 Å². The molecule has 0 aliphatic carbocycles. The third kappa shape index (κ3) is 2.65. The normalized spacial score (nSPS) is 11.2. The van der Waals surface area contributed by atoms with Crippen LogP contribution < -0.4 is 11.1 Å². The van der Waals surface area contributed by atoms with Crippen molar-refractivity contribution in [1.29, 1.82) is 0 Å². The van der Waals surface area contributed by atoms with Gasteiger partial charge in [-0.25, -0.2) is 9.97 Å². The van der Waals surface area contributed by atoms with Crippen LogP contribution in [0.25, 0.3) is 11.2 Å². The van der Waals surface area contributed by atoms with Crippen LogP contribution in [0.4, 0.5) is 11.6 Å². The average Bonchev–Trinajstić information content (AvgIpc) is 2.88. The molecule has 3 rings (SSSR count). The van der Waals surface area contributed by atoms with E-state index in [4.69, 9.17) is 5.73 Å². The Morgan fingerprint density at radius 3 is 2.95 bits per heavy atom. The maximum atomic E-state index is 6.23. The molecule has 0 fully saturated rings. The number of hydrogen-bond acceptors (Lipinski definition) is 5. The van der Waals surface area contributed by atoms with E-state index >= 15 is 0 Å². The molecule has 4 N–H and O–H groups in total. The highest BCUT2D eigenvalue weighted by molar-refractivity contribution is 5.71. The summed E-state index contributed by atoms with van der Waals surface area (Å²) >= 11 is 0. The molecule has 108 valence electrons. The Kier molecular flexibility index (Phi) is 3.43. The van der Waals surface area contributed by atoms with E-state index in [1.807, 2.05) is 12.1 Å². The topological polar surface area (TPSA) is 92.5 Å². The standard InChI is InChI=1S/C15H18N6/c1-9(2)11-5-3-4-10(13(11)16)6-18-15-20-12-7-17-8-19-14(12)21-15/h3-5,7-9H,6,16H2,1-2H3,(H2,17,18,19,20,21). The molecule has 2 heterocycles. The lowest BCUT2D eigenvalue weighted by Crippen LogP contribution is -2.06. The smallest absolute Gasteiger partial charge is 0.203 e. The minimum atomic E-state index is 0.409. The van der Waals surface area contributed by atoms with Crippen LogP contribution in [-0.4, -0.2) is 19.9 Å². The summed E-state index contributed by atoms with van der Waals surface area (Å²) in [4.78, 5) is 15.5. The number of nitrogens with zero attached hydrogens (tertiary/aromatic N) is 3. The SMILES string of the molecule is CC(C)c1cccc(CNc2nc3ncncc3[nH]2)c1N. The van der Waals surface area contributed by atoms with Crippen molar-refractivity contribution < 1.29 is 0 Å². The monoisotopic (exact) mass is 282 g/mol. The first-order valence-electron chi connectivity index (χ1n) is 6.92. The molecule has 21 heavy (non-hydrogen) atoms. The van der Waals surface area contributed by atoms with Gasteiger partial charge in [0.25, 0.3) is 0 Å². The number of fused-ring (bicyclic) bond motifs is 1. The highest BCUT2D eigenvalue weighted by atomic mass is 15.1. The molecule has 0 bridgehead atoms. The van der Waals surface area contributed by atoms with E-state index in [-0.39, 0.29) is 0 Å². The van der Waals surface area contributed by atoms with Gasteiger partial charge in [0.05, 0.1) is 6.20 Å². The Balaban J connectivity index is 1.80. The lowest BCUT2D eigenvalue weighted by Gasteiger charge is -2.13. The van der Waals surface area contributed by atoms with E-state index in [9.17, 15) is 0 Å². The zero-order valence-corrected chi connectivity index (χ0v) is 12.1. The van der Waals surface area contributed by atoms with Gasteiger partial charge in [-0.3, -0.25) is 0 Å². The lowest BCUT2D eigenvalue weighted by molar-refractivity contribution is 0.866. The van der Waals surface area contributed by atoms with Crippen LogP contribution in [0.1, 0.15) is 30.9 Å². The third-order valence-corrected chi connectivity index (χ3v) is 3.46. The van der Waals surface area contributed by atoms with E-state index in [2.05, 4.69) is 45.2 Å². The molecule has 0 aliphatic heterocycles.